The van der Waals surface area contributed by atoms with Crippen LogP contribution in [0.15, 0.2) is 27.8 Å². The van der Waals surface area contributed by atoms with Gasteiger partial charge >= 0.3 is 5.97 Å². The number of thiophene rings is 2. The van der Waals surface area contributed by atoms with Crippen LogP contribution in [0.25, 0.3) is 0 Å². The average molecular weight is 537 g/mol. The molecule has 0 aromatic carbocycles. The first-order chi connectivity index (χ1) is 15.4. The van der Waals surface area contributed by atoms with Crippen LogP contribution in [-0.2, 0) is 27.7 Å². The molecular formula is C22H33ClN2O5S3. The van der Waals surface area contributed by atoms with Gasteiger partial charge in [-0.25, -0.2) is 8.42 Å². The highest BCUT2D eigenvalue weighted by molar-refractivity contribution is 7.91. The number of rotatable bonds is 15. The van der Waals surface area contributed by atoms with E-state index in [1.807, 2.05) is 0 Å². The van der Waals surface area contributed by atoms with E-state index in [-0.39, 0.29) is 29.3 Å². The van der Waals surface area contributed by atoms with Gasteiger partial charge < -0.3 is 15.5 Å². The number of carboxylic acids is 1. The third kappa shape index (κ3) is 9.28. The van der Waals surface area contributed by atoms with Gasteiger partial charge in [-0.2, -0.15) is 4.31 Å². The van der Waals surface area contributed by atoms with E-state index >= 15 is 0 Å². The summed E-state index contributed by atoms with van der Waals surface area (Å²) >= 11 is 8.89. The molecule has 2 rings (SSSR count). The summed E-state index contributed by atoms with van der Waals surface area (Å²) in [6.07, 6.45) is 2.89. The Balaban J connectivity index is 1.84. The summed E-state index contributed by atoms with van der Waals surface area (Å²) in [4.78, 5) is 12.0. The van der Waals surface area contributed by atoms with Gasteiger partial charge in [-0.1, -0.05) is 17.7 Å². The Morgan fingerprint density at radius 1 is 1.30 bits per heavy atom. The second-order valence-corrected chi connectivity index (χ2v) is 13.7. The van der Waals surface area contributed by atoms with Crippen LogP contribution in [0.3, 0.4) is 0 Å². The molecule has 0 aliphatic rings. The molecule has 0 saturated carbocycles. The molecule has 0 bridgehead atoms. The van der Waals surface area contributed by atoms with Crippen molar-refractivity contribution in [2.24, 2.45) is 0 Å². The molecule has 0 amide bonds. The fourth-order valence-electron chi connectivity index (χ4n) is 3.36. The Labute approximate surface area is 209 Å². The fourth-order valence-corrected chi connectivity index (χ4v) is 7.34. The highest BCUT2D eigenvalue weighted by Crippen LogP contribution is 2.33. The Kier molecular flexibility index (Phi) is 10.8. The predicted molar refractivity (Wildman–Crippen MR) is 135 cm³/mol. The van der Waals surface area contributed by atoms with Crippen LogP contribution in [0, 0.1) is 0 Å². The summed E-state index contributed by atoms with van der Waals surface area (Å²) in [5.74, 6) is -0.901. The van der Waals surface area contributed by atoms with E-state index in [0.29, 0.717) is 22.7 Å². The molecule has 0 unspecified atom stereocenters. The number of nitrogens with zero attached hydrogens (tertiary/aromatic N) is 1. The number of carbonyl (C=O) groups is 1. The predicted octanol–water partition coefficient (Wildman–Crippen LogP) is 4.24. The molecule has 2 aromatic heterocycles. The van der Waals surface area contributed by atoms with Crippen molar-refractivity contribution in [1.29, 1.82) is 0 Å². The molecule has 0 radical (unpaired) electrons. The lowest BCUT2D eigenvalue weighted by Crippen LogP contribution is -2.46. The van der Waals surface area contributed by atoms with Crippen LogP contribution in [0.5, 0.6) is 0 Å². The van der Waals surface area contributed by atoms with E-state index < -0.39 is 22.1 Å². The lowest BCUT2D eigenvalue weighted by Gasteiger charge is -2.29. The van der Waals surface area contributed by atoms with Crippen molar-refractivity contribution < 1.29 is 23.4 Å². The molecule has 0 aliphatic heterocycles. The molecule has 2 heterocycles. The number of sulfonamides is 1. The van der Waals surface area contributed by atoms with Gasteiger partial charge in [0.2, 0.25) is 0 Å². The first-order valence-corrected chi connectivity index (χ1v) is 14.3. The summed E-state index contributed by atoms with van der Waals surface area (Å²) in [5.41, 5.74) is 0.448. The van der Waals surface area contributed by atoms with E-state index in [4.69, 9.17) is 16.7 Å². The van der Waals surface area contributed by atoms with Gasteiger partial charge in [-0.05, 0) is 69.0 Å². The molecular weight excluding hydrogens is 504 g/mol. The van der Waals surface area contributed by atoms with Gasteiger partial charge in [0.15, 0.2) is 0 Å². The van der Waals surface area contributed by atoms with E-state index in [0.717, 1.165) is 34.9 Å². The number of halogens is 1. The standard InChI is InChI=1S/C22H33ClN2O5S3/c1-22(2,11-5-8-18-9-6-12-31-18)24-14-17(26)15-25(3)33(29,30)20-13-16(21(23)32-20)7-4-10-19(27)28/h6,9,12-13,17,24,26H,4-5,7-8,10-11,14-15H2,1-3H3,(H,27,28)/t17-/m1/s1. The molecule has 11 heteroatoms. The van der Waals surface area contributed by atoms with Gasteiger partial charge in [-0.15, -0.1) is 22.7 Å². The summed E-state index contributed by atoms with van der Waals surface area (Å²) < 4.78 is 27.4. The van der Waals surface area contributed by atoms with Crippen molar-refractivity contribution in [3.63, 3.8) is 0 Å². The Hall–Kier alpha value is -1.01. The zero-order valence-corrected chi connectivity index (χ0v) is 22.4. The minimum Gasteiger partial charge on any atom is -0.481 e. The smallest absolute Gasteiger partial charge is 0.303 e. The summed E-state index contributed by atoms with van der Waals surface area (Å²) in [6.45, 7) is 4.38. The van der Waals surface area contributed by atoms with Crippen molar-refractivity contribution in [3.05, 3.63) is 38.4 Å². The molecule has 186 valence electrons. The molecule has 3 N–H and O–H groups in total. The van der Waals surface area contributed by atoms with E-state index in [2.05, 4.69) is 36.7 Å². The summed E-state index contributed by atoms with van der Waals surface area (Å²) in [5, 5.41) is 24.6. The minimum atomic E-state index is -3.81. The van der Waals surface area contributed by atoms with Crippen molar-refractivity contribution in [1.82, 2.24) is 9.62 Å². The number of carboxylic acid groups (broad SMARTS) is 1. The summed E-state index contributed by atoms with van der Waals surface area (Å²) in [6, 6.07) is 5.68. The van der Waals surface area contributed by atoms with E-state index in [1.54, 1.807) is 11.3 Å². The van der Waals surface area contributed by atoms with Crippen LogP contribution in [0.1, 0.15) is 50.0 Å². The number of aliphatic hydroxyl groups excluding tert-OH is 1. The van der Waals surface area contributed by atoms with E-state index in [9.17, 15) is 18.3 Å². The van der Waals surface area contributed by atoms with Gasteiger partial charge in [0.05, 0.1) is 10.4 Å². The maximum Gasteiger partial charge on any atom is 0.303 e. The van der Waals surface area contributed by atoms with Crippen LogP contribution in [0.4, 0.5) is 0 Å². The maximum atomic E-state index is 12.9. The first kappa shape index (κ1) is 28.2. The van der Waals surface area contributed by atoms with Gasteiger partial charge in [0.25, 0.3) is 10.0 Å². The SMILES string of the molecule is CN(C[C@H](O)CNC(C)(C)CCCc1cccs1)S(=O)(=O)c1cc(CCCC(=O)O)c(Cl)s1. The molecule has 7 nitrogen and oxygen atoms in total. The third-order valence-corrected chi connectivity index (χ3v) is 9.97. The van der Waals surface area contributed by atoms with E-state index in [1.165, 1.54) is 18.0 Å². The number of aliphatic hydroxyl groups is 1. The number of nitrogens with one attached hydrogen (secondary N) is 1. The number of aliphatic carboxylic acids is 1. The number of hydrogen-bond donors (Lipinski definition) is 3. The van der Waals surface area contributed by atoms with Crippen molar-refractivity contribution in [3.8, 4) is 0 Å². The first-order valence-electron chi connectivity index (χ1n) is 10.8. The summed E-state index contributed by atoms with van der Waals surface area (Å²) in [7, 11) is -2.37. The monoisotopic (exact) mass is 536 g/mol. The van der Waals surface area contributed by atoms with Gasteiger partial charge in [-0.3, -0.25) is 4.79 Å². The molecule has 0 aliphatic carbocycles. The van der Waals surface area contributed by atoms with Crippen LogP contribution >= 0.6 is 34.3 Å². The second-order valence-electron chi connectivity index (χ2n) is 8.75. The van der Waals surface area contributed by atoms with Crippen LogP contribution in [-0.4, -0.2) is 60.7 Å². The molecule has 33 heavy (non-hydrogen) atoms. The maximum absolute atomic E-state index is 12.9. The highest BCUT2D eigenvalue weighted by Gasteiger charge is 2.27. The number of aryl methyl sites for hydroxylation is 2. The van der Waals surface area contributed by atoms with Gasteiger partial charge in [0, 0.05) is 37.0 Å². The van der Waals surface area contributed by atoms with Gasteiger partial charge in [0.1, 0.15) is 4.21 Å². The second kappa shape index (κ2) is 12.6. The lowest BCUT2D eigenvalue weighted by atomic mass is 9.96. The van der Waals surface area contributed by atoms with Crippen molar-refractivity contribution >= 4 is 50.3 Å². The molecule has 2 aromatic rings. The number of likely N-dealkylation sites (N-methyl/N-ethyl adjacent to an activating group) is 1. The van der Waals surface area contributed by atoms with Crippen LogP contribution in [0.2, 0.25) is 4.34 Å². The molecule has 0 saturated heterocycles. The fraction of sp³-hybridized carbons (Fsp3) is 0.591. The largest absolute Gasteiger partial charge is 0.481 e. The van der Waals surface area contributed by atoms with Crippen molar-refractivity contribution in [2.75, 3.05) is 20.1 Å². The molecule has 0 spiro atoms. The van der Waals surface area contributed by atoms with Crippen molar-refractivity contribution in [2.45, 2.75) is 68.2 Å². The minimum absolute atomic E-state index is 0.00225. The zero-order valence-electron chi connectivity index (χ0n) is 19.2. The third-order valence-electron chi connectivity index (χ3n) is 5.33. The highest BCUT2D eigenvalue weighted by atomic mass is 35.5. The lowest BCUT2D eigenvalue weighted by molar-refractivity contribution is -0.137. The molecule has 1 atom stereocenters. The topological polar surface area (TPSA) is 107 Å². The average Bonchev–Trinajstić information content (AvgIpc) is 3.36. The number of β-amino-alcohol motifs (C(OH)–C–C–N with tert-alkyl or cyclic N) is 1. The quantitative estimate of drug-likeness (QED) is 0.314. The molecule has 0 fully saturated rings. The Bertz CT molecular complexity index is 990. The Morgan fingerprint density at radius 2 is 2.03 bits per heavy atom. The number of hydrogen-bond acceptors (Lipinski definition) is 7. The van der Waals surface area contributed by atoms with Crippen LogP contribution < -0.4 is 5.32 Å². The Morgan fingerprint density at radius 3 is 2.67 bits per heavy atom. The normalized spacial score (nSPS) is 13.5. The zero-order chi connectivity index (χ0) is 24.6.